The van der Waals surface area contributed by atoms with Gasteiger partial charge in [0.1, 0.15) is 30.0 Å². The van der Waals surface area contributed by atoms with Gasteiger partial charge >= 0.3 is 12.1 Å². The predicted octanol–water partition coefficient (Wildman–Crippen LogP) is 3.21. The zero-order valence-corrected chi connectivity index (χ0v) is 22.6. The summed E-state index contributed by atoms with van der Waals surface area (Å²) in [5.41, 5.74) is -0.779. The number of nitrogens with zero attached hydrogens (tertiary/aromatic N) is 1. The van der Waals surface area contributed by atoms with Crippen molar-refractivity contribution < 1.29 is 32.9 Å². The van der Waals surface area contributed by atoms with E-state index in [4.69, 9.17) is 9.47 Å². The molecule has 4 atom stereocenters. The Labute approximate surface area is 213 Å². The van der Waals surface area contributed by atoms with Gasteiger partial charge in [0.25, 0.3) is 5.91 Å². The summed E-state index contributed by atoms with van der Waals surface area (Å²) in [7, 11) is -3.60. The molecule has 0 aliphatic heterocycles. The molecule has 11 heteroatoms. The van der Waals surface area contributed by atoms with E-state index in [2.05, 4.69) is 21.6 Å². The van der Waals surface area contributed by atoms with Gasteiger partial charge in [-0.2, -0.15) is 4.36 Å². The van der Waals surface area contributed by atoms with Gasteiger partial charge in [-0.05, 0) is 45.7 Å². The summed E-state index contributed by atoms with van der Waals surface area (Å²) < 4.78 is 28.0. The van der Waals surface area contributed by atoms with Crippen molar-refractivity contribution in [2.24, 2.45) is 10.3 Å². The lowest BCUT2D eigenvalue weighted by atomic mass is 9.99. The van der Waals surface area contributed by atoms with Crippen molar-refractivity contribution in [2.75, 3.05) is 12.4 Å². The molecule has 36 heavy (non-hydrogen) atoms. The van der Waals surface area contributed by atoms with Gasteiger partial charge in [-0.15, -0.1) is 0 Å². The maximum atomic E-state index is 13.9. The van der Waals surface area contributed by atoms with Crippen LogP contribution in [0.2, 0.25) is 0 Å². The zero-order chi connectivity index (χ0) is 27.5. The van der Waals surface area contributed by atoms with Crippen molar-refractivity contribution in [3.05, 3.63) is 43.0 Å². The number of nitrogens with one attached hydrogen (secondary N) is 2. The molecular formula is C25H37N3O7S. The Morgan fingerprint density at radius 2 is 1.72 bits per heavy atom. The third-order valence-corrected chi connectivity index (χ3v) is 7.04. The summed E-state index contributed by atoms with van der Waals surface area (Å²) in [6, 6.07) is 5.73. The summed E-state index contributed by atoms with van der Waals surface area (Å²) in [6.45, 7) is 13.5. The molecule has 0 heterocycles. The molecule has 1 aromatic rings. The van der Waals surface area contributed by atoms with Crippen LogP contribution in [0.4, 0.5) is 4.79 Å². The lowest BCUT2D eigenvalue weighted by Gasteiger charge is -2.23. The number of hydrogen-bond acceptors (Lipinski definition) is 7. The second kappa shape index (κ2) is 13.8. The van der Waals surface area contributed by atoms with Crippen LogP contribution in [0.3, 0.4) is 0 Å². The van der Waals surface area contributed by atoms with Crippen LogP contribution in [-0.2, 0) is 33.6 Å². The van der Waals surface area contributed by atoms with Gasteiger partial charge in [0, 0.05) is 4.90 Å². The molecule has 0 bridgehead atoms. The van der Waals surface area contributed by atoms with Crippen molar-refractivity contribution in [1.29, 1.82) is 0 Å². The molecule has 0 radical (unpaired) electrons. The van der Waals surface area contributed by atoms with Crippen LogP contribution < -0.4 is 10.6 Å². The molecule has 0 aliphatic carbocycles. The highest BCUT2D eigenvalue weighted by atomic mass is 32.2. The van der Waals surface area contributed by atoms with E-state index in [1.807, 2.05) is 6.92 Å². The van der Waals surface area contributed by atoms with Gasteiger partial charge in [0.15, 0.2) is 0 Å². The number of ether oxygens (including phenoxy) is 2. The third-order valence-electron chi connectivity index (χ3n) is 4.91. The number of hydrogen-bond donors (Lipinski definition) is 2. The number of esters is 1. The maximum absolute atomic E-state index is 13.9. The lowest BCUT2D eigenvalue weighted by molar-refractivity contribution is -0.148. The van der Waals surface area contributed by atoms with Crippen LogP contribution in [0.1, 0.15) is 48.0 Å². The lowest BCUT2D eigenvalue weighted by Crippen LogP contribution is -2.48. The molecule has 10 nitrogen and oxygen atoms in total. The molecule has 0 fully saturated rings. The number of amides is 3. The Balaban J connectivity index is 3.21. The standard InChI is InChI=1S/C25H37N3O7S/c1-8-15-34-23(31)21(17(3)9-2)27-20(29)16-36(33,19-13-11-10-12-14-19)28-22(30)18(4)26-24(32)35-25(5,6)7/h8,10-14,17-18,21H,1,9,15-16H2,2-7H3,(H,26,32)(H,27,29)/t17-,18-,21-,36?/m0/s1. The molecule has 0 saturated carbocycles. The Kier molecular flexibility index (Phi) is 11.8. The number of carbonyl (C=O) groups is 4. The molecule has 0 saturated heterocycles. The Hall–Kier alpha value is -3.21. The minimum Gasteiger partial charge on any atom is -0.460 e. The molecule has 1 aromatic carbocycles. The van der Waals surface area contributed by atoms with Crippen LogP contribution in [0.25, 0.3) is 0 Å². The largest absolute Gasteiger partial charge is 0.460 e. The van der Waals surface area contributed by atoms with Crippen molar-refractivity contribution in [3.8, 4) is 0 Å². The molecule has 2 N–H and O–H groups in total. The first-order valence-electron chi connectivity index (χ1n) is 11.6. The van der Waals surface area contributed by atoms with Gasteiger partial charge < -0.3 is 20.1 Å². The average molecular weight is 524 g/mol. The van der Waals surface area contributed by atoms with Crippen LogP contribution >= 0.6 is 0 Å². The summed E-state index contributed by atoms with van der Waals surface area (Å²) in [5.74, 6) is -3.23. The first-order chi connectivity index (χ1) is 16.7. The molecule has 3 amide bonds. The van der Waals surface area contributed by atoms with Crippen LogP contribution in [0, 0.1) is 5.92 Å². The monoisotopic (exact) mass is 523 g/mol. The first kappa shape index (κ1) is 30.8. The molecule has 1 unspecified atom stereocenters. The quantitative estimate of drug-likeness (QED) is 0.335. The van der Waals surface area contributed by atoms with Gasteiger partial charge in [0.05, 0.1) is 9.73 Å². The normalized spacial score (nSPS) is 15.3. The highest BCUT2D eigenvalue weighted by Crippen LogP contribution is 2.16. The van der Waals surface area contributed by atoms with E-state index in [1.54, 1.807) is 45.9 Å². The summed E-state index contributed by atoms with van der Waals surface area (Å²) in [5, 5.41) is 4.93. The fraction of sp³-hybridized carbons (Fsp3) is 0.520. The van der Waals surface area contributed by atoms with E-state index in [9.17, 15) is 23.4 Å². The second-order valence-corrected chi connectivity index (χ2v) is 11.5. The number of carbonyl (C=O) groups excluding carboxylic acids is 4. The smallest absolute Gasteiger partial charge is 0.408 e. The van der Waals surface area contributed by atoms with E-state index >= 15 is 0 Å². The fourth-order valence-corrected chi connectivity index (χ4v) is 4.67. The van der Waals surface area contributed by atoms with Gasteiger partial charge in [-0.3, -0.25) is 9.59 Å². The van der Waals surface area contributed by atoms with Crippen molar-refractivity contribution in [2.45, 2.75) is 70.5 Å². The molecular weight excluding hydrogens is 486 g/mol. The molecule has 0 aromatic heterocycles. The van der Waals surface area contributed by atoms with Crippen molar-refractivity contribution in [1.82, 2.24) is 10.6 Å². The zero-order valence-electron chi connectivity index (χ0n) is 21.7. The van der Waals surface area contributed by atoms with Gasteiger partial charge in [0.2, 0.25) is 5.91 Å². The SMILES string of the molecule is C=CCOC(=O)[C@@H](NC(=O)CS(=O)(=NC(=O)[C@H](C)NC(=O)OC(C)(C)C)c1ccccc1)[C@@H](C)CC. The van der Waals surface area contributed by atoms with Crippen LogP contribution in [-0.4, -0.2) is 58.1 Å². The maximum Gasteiger partial charge on any atom is 0.408 e. The fourth-order valence-electron chi connectivity index (χ4n) is 2.86. The summed E-state index contributed by atoms with van der Waals surface area (Å²) in [4.78, 5) is 50.4. The number of rotatable bonds is 11. The molecule has 1 rings (SSSR count). The van der Waals surface area contributed by atoms with Crippen LogP contribution in [0.5, 0.6) is 0 Å². The number of benzene rings is 1. The van der Waals surface area contributed by atoms with Crippen molar-refractivity contribution >= 4 is 33.6 Å². The summed E-state index contributed by atoms with van der Waals surface area (Å²) in [6.07, 6.45) is 1.14. The molecule has 0 spiro atoms. The van der Waals surface area contributed by atoms with E-state index in [0.29, 0.717) is 6.42 Å². The van der Waals surface area contributed by atoms with Gasteiger partial charge in [-0.25, -0.2) is 13.8 Å². The van der Waals surface area contributed by atoms with E-state index in [-0.39, 0.29) is 17.4 Å². The third kappa shape index (κ3) is 10.2. The summed E-state index contributed by atoms with van der Waals surface area (Å²) >= 11 is 0. The first-order valence-corrected chi connectivity index (χ1v) is 13.3. The van der Waals surface area contributed by atoms with Crippen molar-refractivity contribution in [3.63, 3.8) is 0 Å². The van der Waals surface area contributed by atoms with Crippen LogP contribution in [0.15, 0.2) is 52.2 Å². The predicted molar refractivity (Wildman–Crippen MR) is 137 cm³/mol. The molecule has 0 aliphatic rings. The Morgan fingerprint density at radius 3 is 2.25 bits per heavy atom. The van der Waals surface area contributed by atoms with E-state index in [1.165, 1.54) is 25.1 Å². The number of alkyl carbamates (subject to hydrolysis) is 1. The minimum absolute atomic E-state index is 0.0191. The van der Waals surface area contributed by atoms with E-state index in [0.717, 1.165) is 0 Å². The van der Waals surface area contributed by atoms with Gasteiger partial charge in [-0.1, -0.05) is 51.1 Å². The molecule has 200 valence electrons. The minimum atomic E-state index is -3.60. The second-order valence-electron chi connectivity index (χ2n) is 9.24. The Morgan fingerprint density at radius 1 is 1.11 bits per heavy atom. The average Bonchev–Trinajstić information content (AvgIpc) is 2.79. The Bertz CT molecular complexity index is 1060. The van der Waals surface area contributed by atoms with E-state index < -0.39 is 57.0 Å². The highest BCUT2D eigenvalue weighted by Gasteiger charge is 2.30. The topological polar surface area (TPSA) is 140 Å². The highest BCUT2D eigenvalue weighted by molar-refractivity contribution is 7.94.